The van der Waals surface area contributed by atoms with Crippen LogP contribution in [0.25, 0.3) is 11.0 Å². The van der Waals surface area contributed by atoms with Crippen LogP contribution in [-0.2, 0) is 23.1 Å². The second kappa shape index (κ2) is 7.80. The second-order valence-electron chi connectivity index (χ2n) is 7.41. The van der Waals surface area contributed by atoms with Crippen molar-refractivity contribution in [3.05, 3.63) is 63.5 Å². The number of nitrogens with zero attached hydrogens (tertiary/aromatic N) is 4. The summed E-state index contributed by atoms with van der Waals surface area (Å²) < 4.78 is 25.2. The van der Waals surface area contributed by atoms with Gasteiger partial charge in [0.05, 0.1) is 38.5 Å². The highest BCUT2D eigenvalue weighted by Crippen LogP contribution is 2.29. The molecule has 2 N–H and O–H groups in total. The number of sulfonamides is 1. The molecule has 0 spiro atoms. The number of hydrogen-bond donors (Lipinski definition) is 1. The van der Waals surface area contributed by atoms with Crippen LogP contribution in [0.5, 0.6) is 0 Å². The van der Waals surface area contributed by atoms with Crippen molar-refractivity contribution in [2.75, 3.05) is 0 Å². The lowest BCUT2D eigenvalue weighted by atomic mass is 10.1. The Morgan fingerprint density at radius 2 is 1.81 bits per heavy atom. The Morgan fingerprint density at radius 3 is 2.47 bits per heavy atom. The minimum Gasteiger partial charge on any atom is -0.326 e. The number of rotatable bonds is 7. The van der Waals surface area contributed by atoms with Gasteiger partial charge in [-0.25, -0.2) is 18.5 Å². The molecule has 0 bridgehead atoms. The van der Waals surface area contributed by atoms with Gasteiger partial charge in [-0.15, -0.1) is 0 Å². The average molecular weight is 457 g/mol. The summed E-state index contributed by atoms with van der Waals surface area (Å²) >= 11 is 0. The minimum absolute atomic E-state index is 0.0306. The number of imidazole rings is 1. The molecule has 3 aromatic rings. The van der Waals surface area contributed by atoms with Crippen LogP contribution in [0, 0.1) is 10.1 Å². The number of nitrogens with two attached hydrogens (primary N) is 1. The molecule has 4 rings (SSSR count). The number of nitro groups is 1. The summed E-state index contributed by atoms with van der Waals surface area (Å²) in [6, 6.07) is 7.86. The highest BCUT2D eigenvalue weighted by Gasteiger charge is 2.37. The molecule has 32 heavy (non-hydrogen) atoms. The Hall–Kier alpha value is -3.64. The quantitative estimate of drug-likeness (QED) is 0.323. The van der Waals surface area contributed by atoms with E-state index in [-0.39, 0.29) is 28.3 Å². The highest BCUT2D eigenvalue weighted by molar-refractivity contribution is 7.89. The Kier molecular flexibility index (Phi) is 5.26. The lowest BCUT2D eigenvalue weighted by Gasteiger charge is -2.15. The number of imide groups is 1. The number of amides is 2. The van der Waals surface area contributed by atoms with Crippen LogP contribution in [0.4, 0.5) is 5.69 Å². The van der Waals surface area contributed by atoms with Crippen LogP contribution in [-0.4, -0.2) is 39.6 Å². The predicted molar refractivity (Wildman–Crippen MR) is 113 cm³/mol. The van der Waals surface area contributed by atoms with Crippen molar-refractivity contribution in [2.45, 2.75) is 37.8 Å². The van der Waals surface area contributed by atoms with Crippen molar-refractivity contribution >= 4 is 38.6 Å². The van der Waals surface area contributed by atoms with Crippen LogP contribution >= 0.6 is 0 Å². The number of aromatic nitrogens is 2. The number of primary sulfonamides is 1. The van der Waals surface area contributed by atoms with Crippen LogP contribution in [0.15, 0.2) is 41.3 Å². The maximum atomic E-state index is 12.9. The van der Waals surface area contributed by atoms with Crippen LogP contribution in [0.1, 0.15) is 46.3 Å². The number of hydrogen-bond acceptors (Lipinski definition) is 7. The van der Waals surface area contributed by atoms with Crippen molar-refractivity contribution in [3.8, 4) is 0 Å². The van der Waals surface area contributed by atoms with E-state index in [1.54, 1.807) is 6.07 Å². The molecule has 0 radical (unpaired) electrons. The Balaban J connectivity index is 1.75. The SMILES string of the molecule is CCCCn1c(CN2C(=O)c3ccc([N+](=O)[O-])cc3C2=O)nc2cc(S(N)(=O)=O)ccc21. The van der Waals surface area contributed by atoms with Crippen LogP contribution in [0.2, 0.25) is 0 Å². The first-order chi connectivity index (χ1) is 15.1. The molecule has 0 atom stereocenters. The molecule has 1 aromatic heterocycles. The van der Waals surface area contributed by atoms with Gasteiger partial charge in [-0.3, -0.25) is 24.6 Å². The van der Waals surface area contributed by atoms with Crippen molar-refractivity contribution < 1.29 is 22.9 Å². The molecule has 166 valence electrons. The van der Waals surface area contributed by atoms with Crippen molar-refractivity contribution in [1.29, 1.82) is 0 Å². The van der Waals surface area contributed by atoms with E-state index in [0.717, 1.165) is 23.8 Å². The number of benzene rings is 2. The number of aryl methyl sites for hydroxylation is 1. The van der Waals surface area contributed by atoms with E-state index in [1.165, 1.54) is 24.3 Å². The highest BCUT2D eigenvalue weighted by atomic mass is 32.2. The minimum atomic E-state index is -3.93. The molecule has 0 saturated carbocycles. The zero-order valence-corrected chi connectivity index (χ0v) is 17.8. The maximum absolute atomic E-state index is 12.9. The van der Waals surface area contributed by atoms with E-state index < -0.39 is 26.8 Å². The third-order valence-corrected chi connectivity index (χ3v) is 6.24. The molecule has 0 unspecified atom stereocenters. The standard InChI is InChI=1S/C20H19N5O6S/c1-2-3-8-23-17-7-5-13(32(21,30)31)10-16(17)22-18(23)11-24-19(26)14-6-4-12(25(28)29)9-15(14)20(24)27/h4-7,9-10H,2-3,8,11H2,1H3,(H2,21,30,31). The summed E-state index contributed by atoms with van der Waals surface area (Å²) in [5.74, 6) is -0.823. The van der Waals surface area contributed by atoms with Gasteiger partial charge in [0.1, 0.15) is 5.82 Å². The summed E-state index contributed by atoms with van der Waals surface area (Å²) in [6.45, 7) is 2.39. The molecule has 11 nitrogen and oxygen atoms in total. The first kappa shape index (κ1) is 21.6. The fourth-order valence-corrected chi connectivity index (χ4v) is 4.23. The van der Waals surface area contributed by atoms with Crippen LogP contribution in [0.3, 0.4) is 0 Å². The summed E-state index contributed by atoms with van der Waals surface area (Å²) in [4.78, 5) is 41.4. The number of non-ortho nitro benzene ring substituents is 1. The topological polar surface area (TPSA) is 158 Å². The molecule has 0 saturated heterocycles. The predicted octanol–water partition coefficient (Wildman–Crippen LogP) is 2.19. The molecule has 1 aliphatic heterocycles. The first-order valence-corrected chi connectivity index (χ1v) is 11.3. The molecular weight excluding hydrogens is 438 g/mol. The van der Waals surface area contributed by atoms with Gasteiger partial charge >= 0.3 is 0 Å². The summed E-state index contributed by atoms with van der Waals surface area (Å²) in [5.41, 5.74) is 0.797. The molecule has 2 heterocycles. The molecule has 0 aliphatic carbocycles. The first-order valence-electron chi connectivity index (χ1n) is 9.78. The molecule has 12 heteroatoms. The van der Waals surface area contributed by atoms with Gasteiger partial charge in [0.25, 0.3) is 17.5 Å². The smallest absolute Gasteiger partial charge is 0.270 e. The monoisotopic (exact) mass is 457 g/mol. The van der Waals surface area contributed by atoms with Gasteiger partial charge in [0.2, 0.25) is 10.0 Å². The van der Waals surface area contributed by atoms with Crippen molar-refractivity contribution in [3.63, 3.8) is 0 Å². The van der Waals surface area contributed by atoms with E-state index in [1.807, 2.05) is 11.5 Å². The molecular formula is C20H19N5O6S. The van der Waals surface area contributed by atoms with E-state index in [2.05, 4.69) is 4.98 Å². The zero-order valence-electron chi connectivity index (χ0n) is 17.0. The Bertz CT molecular complexity index is 1390. The second-order valence-corrected chi connectivity index (χ2v) is 8.97. The van der Waals surface area contributed by atoms with Gasteiger partial charge in [-0.2, -0.15) is 0 Å². The molecule has 2 amide bonds. The van der Waals surface area contributed by atoms with E-state index in [9.17, 15) is 28.1 Å². The van der Waals surface area contributed by atoms with Crippen LogP contribution < -0.4 is 5.14 Å². The number of carbonyl (C=O) groups excluding carboxylic acids is 2. The van der Waals surface area contributed by atoms with E-state index >= 15 is 0 Å². The maximum Gasteiger partial charge on any atom is 0.270 e. The van der Waals surface area contributed by atoms with Gasteiger partial charge in [-0.05, 0) is 30.7 Å². The number of carbonyl (C=O) groups is 2. The molecule has 2 aromatic carbocycles. The summed E-state index contributed by atoms with van der Waals surface area (Å²) in [7, 11) is -3.93. The third-order valence-electron chi connectivity index (χ3n) is 5.33. The van der Waals surface area contributed by atoms with Gasteiger partial charge < -0.3 is 4.57 Å². The number of unbranched alkanes of at least 4 members (excludes halogenated alkanes) is 1. The summed E-state index contributed by atoms with van der Waals surface area (Å²) in [5, 5.41) is 16.3. The van der Waals surface area contributed by atoms with E-state index in [4.69, 9.17) is 5.14 Å². The number of nitro benzene ring substituents is 1. The van der Waals surface area contributed by atoms with Crippen molar-refractivity contribution in [2.24, 2.45) is 5.14 Å². The van der Waals surface area contributed by atoms with Gasteiger partial charge in [-0.1, -0.05) is 13.3 Å². The summed E-state index contributed by atoms with van der Waals surface area (Å²) in [6.07, 6.45) is 1.68. The van der Waals surface area contributed by atoms with Crippen molar-refractivity contribution in [1.82, 2.24) is 14.5 Å². The average Bonchev–Trinajstić information content (AvgIpc) is 3.20. The molecule has 1 aliphatic rings. The third kappa shape index (κ3) is 3.63. The fraction of sp³-hybridized carbons (Fsp3) is 0.250. The normalized spacial score (nSPS) is 13.8. The lowest BCUT2D eigenvalue weighted by Crippen LogP contribution is -2.30. The zero-order chi connectivity index (χ0) is 23.2. The van der Waals surface area contributed by atoms with Gasteiger partial charge in [0, 0.05) is 18.7 Å². The molecule has 0 fully saturated rings. The number of fused-ring (bicyclic) bond motifs is 2. The largest absolute Gasteiger partial charge is 0.326 e. The lowest BCUT2D eigenvalue weighted by molar-refractivity contribution is -0.384. The van der Waals surface area contributed by atoms with E-state index in [0.29, 0.717) is 23.4 Å². The fourth-order valence-electron chi connectivity index (χ4n) is 3.70. The Labute approximate surface area is 182 Å². The Morgan fingerprint density at radius 1 is 1.09 bits per heavy atom. The van der Waals surface area contributed by atoms with Gasteiger partial charge in [0.15, 0.2) is 0 Å².